The fraction of sp³-hybridized carbons (Fsp3) is 0.462. The Balaban J connectivity index is 0.00000380. The second kappa shape index (κ2) is 12.9. The van der Waals surface area contributed by atoms with Gasteiger partial charge in [0.15, 0.2) is 5.13 Å². The van der Waals surface area contributed by atoms with Gasteiger partial charge in [0.1, 0.15) is 5.52 Å². The first-order valence-electron chi connectivity index (χ1n) is 12.3. The van der Waals surface area contributed by atoms with Crippen molar-refractivity contribution >= 4 is 66.6 Å². The predicted molar refractivity (Wildman–Crippen MR) is 155 cm³/mol. The molecule has 7 nitrogen and oxygen atoms in total. The second-order valence-electron chi connectivity index (χ2n) is 9.53. The maximum Gasteiger partial charge on any atom is 0.260 e. The molecule has 37 heavy (non-hydrogen) atoms. The summed E-state index contributed by atoms with van der Waals surface area (Å²) in [5.74, 6) is -0.214. The Morgan fingerprint density at radius 1 is 1.03 bits per heavy atom. The van der Waals surface area contributed by atoms with Gasteiger partial charge in [0.05, 0.1) is 14.6 Å². The van der Waals surface area contributed by atoms with Crippen molar-refractivity contribution in [2.24, 2.45) is 0 Å². The van der Waals surface area contributed by atoms with Crippen LogP contribution in [-0.2, 0) is 10.0 Å². The molecule has 0 aliphatic heterocycles. The SMILES string of the molecule is CN(C)CCCN(C(=O)c1ccc(S(=O)(=O)N(C)C2CCCCC2)cc1)c1nc2c(Cl)cccc2s1.Cl. The molecule has 202 valence electrons. The van der Waals surface area contributed by atoms with E-state index in [1.54, 1.807) is 30.1 Å². The number of carbonyl (C=O) groups excluding carboxylic acids is 1. The molecule has 1 aromatic heterocycles. The van der Waals surface area contributed by atoms with E-state index in [1.165, 1.54) is 27.8 Å². The van der Waals surface area contributed by atoms with Crippen molar-refractivity contribution in [3.63, 3.8) is 0 Å². The average molecular weight is 586 g/mol. The summed E-state index contributed by atoms with van der Waals surface area (Å²) < 4.78 is 28.8. The monoisotopic (exact) mass is 584 g/mol. The van der Waals surface area contributed by atoms with Crippen molar-refractivity contribution in [2.75, 3.05) is 39.1 Å². The molecule has 4 rings (SSSR count). The van der Waals surface area contributed by atoms with Gasteiger partial charge in [-0.2, -0.15) is 4.31 Å². The standard InChI is InChI=1S/C26H33ClN4O3S2.ClH/c1-29(2)17-8-18-31(26-28-24-22(27)11-7-12-23(24)35-26)25(32)19-13-15-21(16-14-19)36(33,34)30(3)20-9-5-4-6-10-20;/h7,11-16,20H,4-6,8-10,17-18H2,1-3H3;1H. The number of thiazole rings is 1. The molecule has 3 aromatic rings. The van der Waals surface area contributed by atoms with E-state index in [9.17, 15) is 13.2 Å². The van der Waals surface area contributed by atoms with Crippen LogP contribution >= 0.6 is 35.3 Å². The highest BCUT2D eigenvalue weighted by Gasteiger charge is 2.29. The number of amides is 1. The lowest BCUT2D eigenvalue weighted by Crippen LogP contribution is -2.38. The minimum atomic E-state index is -3.62. The highest BCUT2D eigenvalue weighted by molar-refractivity contribution is 7.89. The first-order valence-corrected chi connectivity index (χ1v) is 14.9. The van der Waals surface area contributed by atoms with Crippen LogP contribution in [0.15, 0.2) is 47.4 Å². The Hall–Kier alpha value is -1.75. The van der Waals surface area contributed by atoms with Crippen molar-refractivity contribution in [1.29, 1.82) is 0 Å². The van der Waals surface area contributed by atoms with E-state index in [-0.39, 0.29) is 29.3 Å². The molecule has 1 amide bonds. The van der Waals surface area contributed by atoms with E-state index >= 15 is 0 Å². The Morgan fingerprint density at radius 2 is 1.70 bits per heavy atom. The summed E-state index contributed by atoms with van der Waals surface area (Å²) in [6, 6.07) is 11.9. The normalized spacial score (nSPS) is 14.8. The number of para-hydroxylation sites is 1. The van der Waals surface area contributed by atoms with Gasteiger partial charge in [0.2, 0.25) is 10.0 Å². The highest BCUT2D eigenvalue weighted by atomic mass is 35.5. The molecule has 2 aromatic carbocycles. The maximum absolute atomic E-state index is 13.6. The molecule has 0 atom stereocenters. The van der Waals surface area contributed by atoms with E-state index in [0.29, 0.717) is 27.8 Å². The van der Waals surface area contributed by atoms with Gasteiger partial charge in [0, 0.05) is 25.2 Å². The topological polar surface area (TPSA) is 73.8 Å². The number of hydrogen-bond acceptors (Lipinski definition) is 6. The number of benzene rings is 2. The van der Waals surface area contributed by atoms with Gasteiger partial charge >= 0.3 is 0 Å². The molecule has 0 saturated heterocycles. The zero-order valence-corrected chi connectivity index (χ0v) is 24.6. The van der Waals surface area contributed by atoms with Gasteiger partial charge < -0.3 is 4.90 Å². The summed E-state index contributed by atoms with van der Waals surface area (Å²) in [6.45, 7) is 1.30. The molecule has 1 heterocycles. The molecule has 11 heteroatoms. The summed E-state index contributed by atoms with van der Waals surface area (Å²) in [5, 5.41) is 1.13. The van der Waals surface area contributed by atoms with E-state index in [1.807, 2.05) is 26.2 Å². The van der Waals surface area contributed by atoms with Crippen molar-refractivity contribution in [1.82, 2.24) is 14.2 Å². The van der Waals surface area contributed by atoms with Crippen LogP contribution in [0.5, 0.6) is 0 Å². The number of sulfonamides is 1. The van der Waals surface area contributed by atoms with Crippen molar-refractivity contribution in [3.8, 4) is 0 Å². The van der Waals surface area contributed by atoms with E-state index < -0.39 is 10.0 Å². The first-order chi connectivity index (χ1) is 17.2. The Bertz CT molecular complexity index is 1310. The van der Waals surface area contributed by atoms with E-state index in [4.69, 9.17) is 11.6 Å². The highest BCUT2D eigenvalue weighted by Crippen LogP contribution is 2.34. The van der Waals surface area contributed by atoms with Crippen molar-refractivity contribution in [3.05, 3.63) is 53.1 Å². The van der Waals surface area contributed by atoms with Gasteiger partial charge in [-0.1, -0.05) is 48.3 Å². The van der Waals surface area contributed by atoms with Gasteiger partial charge in [0.25, 0.3) is 5.91 Å². The number of nitrogens with zero attached hydrogens (tertiary/aromatic N) is 4. The van der Waals surface area contributed by atoms with Crippen LogP contribution in [0.4, 0.5) is 5.13 Å². The third-order valence-corrected chi connectivity index (χ3v) is 9.96. The van der Waals surface area contributed by atoms with Crippen LogP contribution in [-0.4, -0.2) is 68.8 Å². The summed E-state index contributed by atoms with van der Waals surface area (Å²) in [4.78, 5) is 22.2. The van der Waals surface area contributed by atoms with Gasteiger partial charge in [-0.05, 0) is 76.3 Å². The summed E-state index contributed by atoms with van der Waals surface area (Å²) in [6.07, 6.45) is 5.81. The minimum absolute atomic E-state index is 0. The fourth-order valence-electron chi connectivity index (χ4n) is 4.58. The van der Waals surface area contributed by atoms with E-state index in [2.05, 4.69) is 9.88 Å². The maximum atomic E-state index is 13.6. The number of anilines is 1. The fourth-order valence-corrected chi connectivity index (χ4v) is 7.29. The lowest BCUT2D eigenvalue weighted by Gasteiger charge is -2.30. The van der Waals surface area contributed by atoms with Crippen molar-refractivity contribution < 1.29 is 13.2 Å². The molecule has 1 aliphatic carbocycles. The molecule has 0 N–H and O–H groups in total. The zero-order chi connectivity index (χ0) is 25.9. The number of halogens is 2. The predicted octanol–water partition coefficient (Wildman–Crippen LogP) is 5.92. The molecule has 0 bridgehead atoms. The number of aromatic nitrogens is 1. The number of fused-ring (bicyclic) bond motifs is 1. The summed E-state index contributed by atoms with van der Waals surface area (Å²) >= 11 is 7.75. The Kier molecular flexibility index (Phi) is 10.4. The molecular weight excluding hydrogens is 551 g/mol. The third kappa shape index (κ3) is 6.82. The zero-order valence-electron chi connectivity index (χ0n) is 21.4. The van der Waals surface area contributed by atoms with Crippen LogP contribution in [0.1, 0.15) is 48.9 Å². The largest absolute Gasteiger partial charge is 0.309 e. The van der Waals surface area contributed by atoms with Gasteiger partial charge in [-0.15, -0.1) is 12.4 Å². The Labute approximate surface area is 234 Å². The van der Waals surface area contributed by atoms with Crippen molar-refractivity contribution in [2.45, 2.75) is 49.5 Å². The van der Waals surface area contributed by atoms with E-state index in [0.717, 1.165) is 49.8 Å². The van der Waals surface area contributed by atoms with Gasteiger partial charge in [-0.3, -0.25) is 9.69 Å². The molecule has 1 aliphatic rings. The second-order valence-corrected chi connectivity index (χ2v) is 12.9. The lowest BCUT2D eigenvalue weighted by atomic mass is 9.96. The van der Waals surface area contributed by atoms with Crippen LogP contribution in [0.3, 0.4) is 0 Å². The summed E-state index contributed by atoms with van der Waals surface area (Å²) in [5.41, 5.74) is 1.10. The lowest BCUT2D eigenvalue weighted by molar-refractivity contribution is 0.0986. The number of rotatable bonds is 9. The molecule has 1 saturated carbocycles. The number of carbonyl (C=O) groups is 1. The minimum Gasteiger partial charge on any atom is -0.309 e. The van der Waals surface area contributed by atoms with Crippen LogP contribution in [0.2, 0.25) is 5.02 Å². The number of hydrogen-bond donors (Lipinski definition) is 0. The van der Waals surface area contributed by atoms with Crippen LogP contribution < -0.4 is 4.90 Å². The molecule has 1 fully saturated rings. The Morgan fingerprint density at radius 3 is 2.32 bits per heavy atom. The molecule has 0 unspecified atom stereocenters. The smallest absolute Gasteiger partial charge is 0.260 e. The first kappa shape index (κ1) is 29.8. The quantitative estimate of drug-likeness (QED) is 0.312. The average Bonchev–Trinajstić information content (AvgIpc) is 3.31. The third-order valence-electron chi connectivity index (χ3n) is 6.69. The molecule has 0 spiro atoms. The summed E-state index contributed by atoms with van der Waals surface area (Å²) in [7, 11) is 2.03. The molecular formula is C26H34Cl2N4O3S2. The molecule has 0 radical (unpaired) electrons. The van der Waals surface area contributed by atoms with Gasteiger partial charge in [-0.25, -0.2) is 13.4 Å². The van der Waals surface area contributed by atoms with Crippen LogP contribution in [0, 0.1) is 0 Å². The van der Waals surface area contributed by atoms with Crippen LogP contribution in [0.25, 0.3) is 10.2 Å².